The highest BCUT2D eigenvalue weighted by atomic mass is 16.3. The number of hydrogen-bond acceptors (Lipinski definition) is 4. The Bertz CT molecular complexity index is 1360. The number of nitriles is 1. The largest absolute Gasteiger partial charge is 0.389 e. The van der Waals surface area contributed by atoms with Crippen molar-refractivity contribution in [1.82, 2.24) is 8.97 Å². The van der Waals surface area contributed by atoms with Crippen LogP contribution in [0.2, 0.25) is 0 Å². The van der Waals surface area contributed by atoms with Crippen LogP contribution in [0.4, 0.5) is 5.69 Å². The molecule has 6 heteroatoms. The molecule has 0 unspecified atom stereocenters. The normalized spacial score (nSPS) is 12.2. The summed E-state index contributed by atoms with van der Waals surface area (Å²) in [7, 11) is 0. The SMILES string of the molecule is Cc1ccc(NC[C@H](O)Cn2c3ccccc3n3c(=O)cc(C)c(C#N)c23)cc1C. The molecule has 0 fully saturated rings. The van der Waals surface area contributed by atoms with Crippen molar-refractivity contribution in [3.05, 3.63) is 81.1 Å². The number of nitrogens with one attached hydrogen (secondary N) is 1. The van der Waals surface area contributed by atoms with Crippen LogP contribution in [0.15, 0.2) is 53.3 Å². The number of imidazole rings is 1. The molecule has 0 saturated heterocycles. The molecule has 2 N–H and O–H groups in total. The molecule has 0 amide bonds. The van der Waals surface area contributed by atoms with Gasteiger partial charge in [-0.05, 0) is 61.7 Å². The number of aryl methyl sites for hydroxylation is 3. The maximum absolute atomic E-state index is 12.7. The van der Waals surface area contributed by atoms with Crippen molar-refractivity contribution in [1.29, 1.82) is 5.26 Å². The van der Waals surface area contributed by atoms with E-state index in [0.29, 0.717) is 23.3 Å². The topological polar surface area (TPSA) is 82.5 Å². The molecule has 0 spiro atoms. The third-order valence-corrected chi connectivity index (χ3v) is 5.61. The van der Waals surface area contributed by atoms with Crippen molar-refractivity contribution in [3.63, 3.8) is 0 Å². The van der Waals surface area contributed by atoms with Crippen LogP contribution < -0.4 is 10.9 Å². The second kappa shape index (κ2) is 7.69. The van der Waals surface area contributed by atoms with Gasteiger partial charge in [-0.2, -0.15) is 5.26 Å². The van der Waals surface area contributed by atoms with Crippen LogP contribution in [0, 0.1) is 32.1 Å². The lowest BCUT2D eigenvalue weighted by Crippen LogP contribution is -2.25. The zero-order valence-electron chi connectivity index (χ0n) is 17.3. The Balaban J connectivity index is 1.73. The van der Waals surface area contributed by atoms with Gasteiger partial charge in [-0.1, -0.05) is 18.2 Å². The number of hydrogen-bond donors (Lipinski definition) is 2. The van der Waals surface area contributed by atoms with Gasteiger partial charge in [0.15, 0.2) is 0 Å². The number of rotatable bonds is 5. The monoisotopic (exact) mass is 400 g/mol. The zero-order chi connectivity index (χ0) is 21.4. The van der Waals surface area contributed by atoms with Crippen LogP contribution in [-0.2, 0) is 6.54 Å². The zero-order valence-corrected chi connectivity index (χ0v) is 17.3. The molecule has 0 bridgehead atoms. The smallest absolute Gasteiger partial charge is 0.257 e. The molecule has 2 aromatic heterocycles. The van der Waals surface area contributed by atoms with Crippen LogP contribution in [0.25, 0.3) is 16.7 Å². The lowest BCUT2D eigenvalue weighted by atomic mass is 10.1. The molecule has 0 radical (unpaired) electrons. The Morgan fingerprint density at radius 2 is 1.77 bits per heavy atom. The van der Waals surface area contributed by atoms with E-state index in [4.69, 9.17) is 0 Å². The highest BCUT2D eigenvalue weighted by Gasteiger charge is 2.19. The molecule has 1 atom stereocenters. The fraction of sp³-hybridized carbons (Fsp3) is 0.250. The summed E-state index contributed by atoms with van der Waals surface area (Å²) in [5.74, 6) is 0. The van der Waals surface area contributed by atoms with Gasteiger partial charge in [0.25, 0.3) is 5.56 Å². The first-order valence-corrected chi connectivity index (χ1v) is 9.93. The number of fused-ring (bicyclic) bond motifs is 3. The Kier molecular flexibility index (Phi) is 5.06. The molecular formula is C24H24N4O2. The first kappa shape index (κ1) is 19.7. The number of para-hydroxylation sites is 2. The highest BCUT2D eigenvalue weighted by Crippen LogP contribution is 2.24. The maximum Gasteiger partial charge on any atom is 0.257 e. The molecule has 0 saturated carbocycles. The Labute approximate surface area is 174 Å². The average Bonchev–Trinajstić information content (AvgIpc) is 3.04. The number of anilines is 1. The van der Waals surface area contributed by atoms with Crippen LogP contribution in [0.1, 0.15) is 22.3 Å². The quantitative estimate of drug-likeness (QED) is 0.537. The Hall–Kier alpha value is -3.56. The molecule has 2 aromatic carbocycles. The fourth-order valence-electron chi connectivity index (χ4n) is 3.88. The summed E-state index contributed by atoms with van der Waals surface area (Å²) in [5.41, 5.74) is 6.30. The Morgan fingerprint density at radius 1 is 1.03 bits per heavy atom. The summed E-state index contributed by atoms with van der Waals surface area (Å²) in [5, 5.41) is 23.8. The number of benzene rings is 2. The van der Waals surface area contributed by atoms with Crippen LogP contribution in [0.5, 0.6) is 0 Å². The number of aromatic nitrogens is 2. The van der Waals surface area contributed by atoms with Crippen molar-refractivity contribution in [3.8, 4) is 6.07 Å². The van der Waals surface area contributed by atoms with Gasteiger partial charge in [-0.3, -0.25) is 9.20 Å². The molecule has 30 heavy (non-hydrogen) atoms. The highest BCUT2D eigenvalue weighted by molar-refractivity contribution is 5.84. The predicted octanol–water partition coefficient (Wildman–Crippen LogP) is 3.52. The van der Waals surface area contributed by atoms with Crippen molar-refractivity contribution >= 4 is 22.4 Å². The van der Waals surface area contributed by atoms with Gasteiger partial charge >= 0.3 is 0 Å². The van der Waals surface area contributed by atoms with Gasteiger partial charge in [-0.15, -0.1) is 0 Å². The summed E-state index contributed by atoms with van der Waals surface area (Å²) in [4.78, 5) is 12.7. The van der Waals surface area contributed by atoms with E-state index in [1.807, 2.05) is 41.0 Å². The third kappa shape index (κ3) is 3.34. The molecule has 6 nitrogen and oxygen atoms in total. The number of aliphatic hydroxyl groups is 1. The van der Waals surface area contributed by atoms with E-state index in [9.17, 15) is 15.2 Å². The maximum atomic E-state index is 12.7. The standard InChI is InChI=1S/C24H24N4O2/c1-15-8-9-18(10-16(15)2)26-13-19(29)14-27-21-6-4-5-7-22(21)28-23(30)11-17(3)20(12-25)24(27)28/h4-11,19,26,29H,13-14H2,1-3H3/t19-/m0/s1. The van der Waals surface area contributed by atoms with Crippen LogP contribution in [-0.4, -0.2) is 26.7 Å². The molecule has 0 aliphatic rings. The molecule has 2 heterocycles. The number of pyridine rings is 1. The van der Waals surface area contributed by atoms with E-state index < -0.39 is 6.10 Å². The van der Waals surface area contributed by atoms with Crippen LogP contribution >= 0.6 is 0 Å². The minimum Gasteiger partial charge on any atom is -0.389 e. The summed E-state index contributed by atoms with van der Waals surface area (Å²) >= 11 is 0. The van der Waals surface area contributed by atoms with Gasteiger partial charge in [0, 0.05) is 18.3 Å². The van der Waals surface area contributed by atoms with Crippen LogP contribution in [0.3, 0.4) is 0 Å². The lowest BCUT2D eigenvalue weighted by Gasteiger charge is -2.16. The fourth-order valence-corrected chi connectivity index (χ4v) is 3.88. The van der Waals surface area contributed by atoms with E-state index in [2.05, 4.69) is 31.3 Å². The molecular weight excluding hydrogens is 376 g/mol. The van der Waals surface area contributed by atoms with E-state index in [-0.39, 0.29) is 12.1 Å². The van der Waals surface area contributed by atoms with Crippen molar-refractivity contribution in [2.75, 3.05) is 11.9 Å². The van der Waals surface area contributed by atoms with E-state index in [0.717, 1.165) is 16.7 Å². The minimum absolute atomic E-state index is 0.181. The summed E-state index contributed by atoms with van der Waals surface area (Å²) in [6.07, 6.45) is -0.714. The molecule has 4 rings (SSSR count). The predicted molar refractivity (Wildman–Crippen MR) is 119 cm³/mol. The Morgan fingerprint density at radius 3 is 2.47 bits per heavy atom. The summed E-state index contributed by atoms with van der Waals surface area (Å²) in [6, 6.07) is 17.3. The molecule has 0 aliphatic heterocycles. The number of aliphatic hydroxyl groups excluding tert-OH is 1. The first-order valence-electron chi connectivity index (χ1n) is 9.93. The molecule has 4 aromatic rings. The summed E-state index contributed by atoms with van der Waals surface area (Å²) in [6.45, 7) is 6.48. The van der Waals surface area contributed by atoms with Gasteiger partial charge in [-0.25, -0.2) is 0 Å². The van der Waals surface area contributed by atoms with Crippen molar-refractivity contribution in [2.24, 2.45) is 0 Å². The van der Waals surface area contributed by atoms with Gasteiger partial charge < -0.3 is 15.0 Å². The van der Waals surface area contributed by atoms with Gasteiger partial charge in [0.05, 0.1) is 29.2 Å². The van der Waals surface area contributed by atoms with E-state index in [1.165, 1.54) is 17.2 Å². The summed E-state index contributed by atoms with van der Waals surface area (Å²) < 4.78 is 3.43. The van der Waals surface area contributed by atoms with E-state index in [1.54, 1.807) is 11.3 Å². The lowest BCUT2D eigenvalue weighted by molar-refractivity contribution is 0.169. The van der Waals surface area contributed by atoms with E-state index >= 15 is 0 Å². The molecule has 0 aliphatic carbocycles. The first-order chi connectivity index (χ1) is 14.4. The second-order valence-electron chi connectivity index (χ2n) is 7.74. The average molecular weight is 400 g/mol. The third-order valence-electron chi connectivity index (χ3n) is 5.61. The second-order valence-corrected chi connectivity index (χ2v) is 7.74. The number of nitrogens with zero attached hydrogens (tertiary/aromatic N) is 3. The van der Waals surface area contributed by atoms with Crippen molar-refractivity contribution < 1.29 is 5.11 Å². The van der Waals surface area contributed by atoms with Gasteiger partial charge in [0.2, 0.25) is 0 Å². The van der Waals surface area contributed by atoms with Crippen molar-refractivity contribution in [2.45, 2.75) is 33.4 Å². The minimum atomic E-state index is -0.714. The molecule has 152 valence electrons. The van der Waals surface area contributed by atoms with Gasteiger partial charge in [0.1, 0.15) is 11.7 Å².